The van der Waals surface area contributed by atoms with Crippen molar-refractivity contribution in [2.45, 2.75) is 145 Å². The molecule has 5 aliphatic rings. The van der Waals surface area contributed by atoms with E-state index < -0.39 is 11.7 Å². The number of amides is 2. The fourth-order valence-corrected chi connectivity index (χ4v) is 13.0. The van der Waals surface area contributed by atoms with Gasteiger partial charge in [0.15, 0.2) is 0 Å². The molecular formula is C41H72N2O6. The maximum absolute atomic E-state index is 14.3. The molecular weight excluding hydrogens is 616 g/mol. The molecule has 0 bridgehead atoms. The molecule has 3 N–H and O–H groups in total. The number of aliphatic hydroxyl groups is 1. The number of carbonyl (C=O) groups is 2. The highest BCUT2D eigenvalue weighted by Crippen LogP contribution is 2.77. The lowest BCUT2D eigenvalue weighted by atomic mass is 9.32. The van der Waals surface area contributed by atoms with Crippen LogP contribution in [0.1, 0.15) is 133 Å². The van der Waals surface area contributed by atoms with Crippen molar-refractivity contribution in [3.8, 4) is 0 Å². The largest absolute Gasteiger partial charge is 0.444 e. The van der Waals surface area contributed by atoms with Crippen molar-refractivity contribution in [3.05, 3.63) is 0 Å². The van der Waals surface area contributed by atoms with Crippen molar-refractivity contribution in [3.63, 3.8) is 0 Å². The second kappa shape index (κ2) is 14.2. The zero-order valence-electron chi connectivity index (χ0n) is 32.8. The molecule has 0 radical (unpaired) electrons. The third kappa shape index (κ3) is 6.94. The van der Waals surface area contributed by atoms with Gasteiger partial charge < -0.3 is 30.0 Å². The lowest BCUT2D eigenvalue weighted by Gasteiger charge is -2.73. The average Bonchev–Trinajstić information content (AvgIpc) is 3.41. The molecule has 10 atom stereocenters. The molecule has 3 unspecified atom stereocenters. The first-order valence-electron chi connectivity index (χ1n) is 19.9. The summed E-state index contributed by atoms with van der Waals surface area (Å²) in [5.41, 5.74) is -0.0720. The van der Waals surface area contributed by atoms with Gasteiger partial charge in [-0.15, -0.1) is 0 Å². The Morgan fingerprint density at radius 2 is 1.41 bits per heavy atom. The number of hydrogen-bond donors (Lipinski definition) is 3. The van der Waals surface area contributed by atoms with Crippen molar-refractivity contribution in [1.82, 2.24) is 10.6 Å². The van der Waals surface area contributed by atoms with E-state index in [4.69, 9.17) is 14.2 Å². The van der Waals surface area contributed by atoms with E-state index in [0.717, 1.165) is 38.5 Å². The standard InChI is InChI=1S/C41H72N2O6/c1-27(2)28-13-18-41(34(45)42-21-23-47-25-26-48-24-22-43-35(46)49-36(3,4)5)20-19-39(9)29(33(28)41)11-12-31-38(8)16-15-32(44)37(6,7)30(38)14-17-40(31,39)10/h27-33,44H,11-26H2,1-10H3,(H,42,45)(H,43,46)/t28-,29?,30?,31?,32+,33-,38-,39+,40+,41-/m0/s1. The minimum absolute atomic E-state index is 0.0302. The van der Waals surface area contributed by atoms with Crippen LogP contribution in [0, 0.1) is 62.6 Å². The van der Waals surface area contributed by atoms with Crippen LogP contribution < -0.4 is 10.6 Å². The van der Waals surface area contributed by atoms with Crippen LogP contribution in [0.4, 0.5) is 4.79 Å². The Labute approximate surface area is 298 Å². The number of alkyl carbamates (subject to hydrolysis) is 1. The van der Waals surface area contributed by atoms with Crippen LogP contribution in [0.3, 0.4) is 0 Å². The van der Waals surface area contributed by atoms with Gasteiger partial charge in [0.05, 0.1) is 37.9 Å². The molecule has 8 heteroatoms. The highest BCUT2D eigenvalue weighted by Gasteiger charge is 2.71. The predicted molar refractivity (Wildman–Crippen MR) is 194 cm³/mol. The van der Waals surface area contributed by atoms with Crippen molar-refractivity contribution < 1.29 is 28.9 Å². The predicted octanol–water partition coefficient (Wildman–Crippen LogP) is 7.76. The van der Waals surface area contributed by atoms with Gasteiger partial charge in [0.2, 0.25) is 5.91 Å². The van der Waals surface area contributed by atoms with E-state index in [0.29, 0.717) is 75.0 Å². The van der Waals surface area contributed by atoms with Crippen molar-refractivity contribution >= 4 is 12.0 Å². The van der Waals surface area contributed by atoms with Crippen molar-refractivity contribution in [1.29, 1.82) is 0 Å². The Bertz CT molecular complexity index is 1180. The third-order valence-corrected chi connectivity index (χ3v) is 15.6. The number of nitrogens with one attached hydrogen (secondary N) is 2. The Morgan fingerprint density at radius 3 is 2.04 bits per heavy atom. The minimum atomic E-state index is -0.519. The van der Waals surface area contributed by atoms with Gasteiger partial charge in [-0.3, -0.25) is 4.79 Å². The topological polar surface area (TPSA) is 106 Å². The summed E-state index contributed by atoms with van der Waals surface area (Å²) in [5.74, 6) is 3.68. The summed E-state index contributed by atoms with van der Waals surface area (Å²) >= 11 is 0. The molecule has 0 aliphatic heterocycles. The Hall–Kier alpha value is -1.38. The molecule has 0 heterocycles. The molecule has 0 aromatic carbocycles. The molecule has 8 nitrogen and oxygen atoms in total. The van der Waals surface area contributed by atoms with Crippen LogP contribution in [0.5, 0.6) is 0 Å². The summed E-state index contributed by atoms with van der Waals surface area (Å²) in [6.07, 6.45) is 10.7. The first-order valence-corrected chi connectivity index (χ1v) is 19.9. The van der Waals surface area contributed by atoms with Crippen LogP contribution in [-0.2, 0) is 19.0 Å². The molecule has 282 valence electrons. The summed E-state index contributed by atoms with van der Waals surface area (Å²) in [5, 5.41) is 17.1. The zero-order chi connectivity index (χ0) is 36.0. The summed E-state index contributed by atoms with van der Waals surface area (Å²) in [4.78, 5) is 26.1. The van der Waals surface area contributed by atoms with Gasteiger partial charge in [0.25, 0.3) is 0 Å². The van der Waals surface area contributed by atoms with Crippen LogP contribution in [0.15, 0.2) is 0 Å². The first-order chi connectivity index (χ1) is 22.8. The Balaban J connectivity index is 1.18. The number of fused-ring (bicyclic) bond motifs is 7. The monoisotopic (exact) mass is 689 g/mol. The van der Waals surface area contributed by atoms with E-state index in [1.807, 2.05) is 20.8 Å². The van der Waals surface area contributed by atoms with E-state index in [2.05, 4.69) is 59.1 Å². The number of carbonyl (C=O) groups excluding carboxylic acids is 2. The van der Waals surface area contributed by atoms with Crippen LogP contribution in [-0.4, -0.2) is 68.3 Å². The summed E-state index contributed by atoms with van der Waals surface area (Å²) < 4.78 is 16.6. The second-order valence-electron chi connectivity index (χ2n) is 19.6. The van der Waals surface area contributed by atoms with E-state index >= 15 is 0 Å². The van der Waals surface area contributed by atoms with Gasteiger partial charge in [-0.05, 0) is 142 Å². The Kier molecular flexibility index (Phi) is 11.3. The number of hydrogen-bond acceptors (Lipinski definition) is 6. The minimum Gasteiger partial charge on any atom is -0.444 e. The van der Waals surface area contributed by atoms with Crippen molar-refractivity contribution in [2.24, 2.45) is 62.6 Å². The van der Waals surface area contributed by atoms with Gasteiger partial charge >= 0.3 is 6.09 Å². The summed E-state index contributed by atoms with van der Waals surface area (Å²) in [6, 6.07) is 0. The van der Waals surface area contributed by atoms with Crippen molar-refractivity contribution in [2.75, 3.05) is 39.5 Å². The third-order valence-electron chi connectivity index (χ3n) is 15.6. The average molecular weight is 689 g/mol. The zero-order valence-corrected chi connectivity index (χ0v) is 32.8. The molecule has 0 aromatic heterocycles. The molecule has 5 rings (SSSR count). The van der Waals surface area contributed by atoms with E-state index in [1.54, 1.807) is 0 Å². The van der Waals surface area contributed by atoms with E-state index in [1.165, 1.54) is 25.7 Å². The molecule has 2 amide bonds. The van der Waals surface area contributed by atoms with E-state index in [9.17, 15) is 14.7 Å². The second-order valence-corrected chi connectivity index (χ2v) is 19.6. The summed E-state index contributed by atoms with van der Waals surface area (Å²) in [7, 11) is 0. The molecule has 5 fully saturated rings. The van der Waals surface area contributed by atoms with Gasteiger partial charge in [-0.1, -0.05) is 48.5 Å². The quantitative estimate of drug-likeness (QED) is 0.192. The fourth-order valence-electron chi connectivity index (χ4n) is 13.0. The molecule has 0 spiro atoms. The normalized spacial score (nSPS) is 41.2. The molecule has 5 saturated carbocycles. The van der Waals surface area contributed by atoms with Gasteiger partial charge in [-0.25, -0.2) is 4.79 Å². The molecule has 0 saturated heterocycles. The van der Waals surface area contributed by atoms with E-state index in [-0.39, 0.29) is 39.1 Å². The maximum atomic E-state index is 14.3. The highest BCUT2D eigenvalue weighted by atomic mass is 16.6. The Morgan fingerprint density at radius 1 is 0.755 bits per heavy atom. The van der Waals surface area contributed by atoms with Gasteiger partial charge in [-0.2, -0.15) is 0 Å². The van der Waals surface area contributed by atoms with Gasteiger partial charge in [0, 0.05) is 13.1 Å². The van der Waals surface area contributed by atoms with Gasteiger partial charge in [0.1, 0.15) is 5.60 Å². The van der Waals surface area contributed by atoms with Crippen LogP contribution in [0.2, 0.25) is 0 Å². The number of ether oxygens (including phenoxy) is 3. The lowest BCUT2D eigenvalue weighted by Crippen LogP contribution is -2.67. The smallest absolute Gasteiger partial charge is 0.407 e. The number of aliphatic hydroxyl groups excluding tert-OH is 1. The highest BCUT2D eigenvalue weighted by molar-refractivity contribution is 5.83. The first kappa shape index (κ1) is 38.8. The fraction of sp³-hybridized carbons (Fsp3) is 0.951. The van der Waals surface area contributed by atoms with Crippen LogP contribution >= 0.6 is 0 Å². The lowest BCUT2D eigenvalue weighted by molar-refractivity contribution is -0.248. The number of rotatable bonds is 11. The SMILES string of the molecule is CC(C)[C@@H]1CC[C@]2(C(=O)NCCOCCOCCNC(=O)OC(C)(C)C)CC[C@]3(C)C(CCC4[C@@]5(C)CC[C@@H](O)C(C)(C)C5CC[C@]43C)[C@H]12. The molecule has 0 aromatic rings. The molecule has 49 heavy (non-hydrogen) atoms. The van der Waals surface area contributed by atoms with Crippen LogP contribution in [0.25, 0.3) is 0 Å². The molecule has 5 aliphatic carbocycles. The summed E-state index contributed by atoms with van der Waals surface area (Å²) in [6.45, 7) is 25.5. The maximum Gasteiger partial charge on any atom is 0.407 e.